The zero-order chi connectivity index (χ0) is 22.2. The molecule has 1 aromatic carbocycles. The zero-order valence-electron chi connectivity index (χ0n) is 18.2. The second-order valence-electron chi connectivity index (χ2n) is 7.92. The van der Waals surface area contributed by atoms with Crippen molar-refractivity contribution in [2.75, 3.05) is 6.61 Å². The molecule has 1 aromatic rings. The first kappa shape index (κ1) is 26.4. The Morgan fingerprint density at radius 3 is 1.73 bits per heavy atom. The first-order valence-corrected chi connectivity index (χ1v) is 11.4. The topological polar surface area (TPSA) is 26.3 Å². The van der Waals surface area contributed by atoms with Gasteiger partial charge in [0.05, 0.1) is 17.7 Å². The van der Waals surface area contributed by atoms with Gasteiger partial charge in [0.25, 0.3) is 0 Å². The lowest BCUT2D eigenvalue weighted by Crippen LogP contribution is -2.16. The largest absolute Gasteiger partial charge is 0.462 e. The van der Waals surface area contributed by atoms with Gasteiger partial charge in [-0.05, 0) is 24.6 Å². The van der Waals surface area contributed by atoms with E-state index in [0.717, 1.165) is 31.4 Å². The molecule has 0 spiro atoms. The molecule has 0 saturated carbocycles. The standard InChI is InChI=1S/C24H36F4O2/c1-2-3-4-5-6-7-8-9-10-11-12-13-14-15-18-30-23(29)21-17-16-20(25)19-22(21)24(26,27)28/h16-17,19H,2-15,18H2,1H3. The molecular formula is C24H36F4O2. The van der Waals surface area contributed by atoms with Gasteiger partial charge in [-0.2, -0.15) is 13.2 Å². The first-order valence-electron chi connectivity index (χ1n) is 11.4. The Bertz CT molecular complexity index is 599. The molecule has 2 nitrogen and oxygen atoms in total. The maximum absolute atomic E-state index is 13.1. The van der Waals surface area contributed by atoms with E-state index >= 15 is 0 Å². The van der Waals surface area contributed by atoms with Crippen molar-refractivity contribution in [3.05, 3.63) is 35.1 Å². The van der Waals surface area contributed by atoms with Crippen LogP contribution in [0.1, 0.15) is 113 Å². The van der Waals surface area contributed by atoms with Crippen molar-refractivity contribution in [1.29, 1.82) is 0 Å². The van der Waals surface area contributed by atoms with Crippen molar-refractivity contribution >= 4 is 5.97 Å². The monoisotopic (exact) mass is 432 g/mol. The molecule has 0 radical (unpaired) electrons. The Labute approximate surface area is 178 Å². The number of carbonyl (C=O) groups is 1. The summed E-state index contributed by atoms with van der Waals surface area (Å²) in [7, 11) is 0. The van der Waals surface area contributed by atoms with Gasteiger partial charge in [-0.1, -0.05) is 90.4 Å². The summed E-state index contributed by atoms with van der Waals surface area (Å²) < 4.78 is 56.8. The molecule has 0 fully saturated rings. The minimum absolute atomic E-state index is 0.0749. The highest BCUT2D eigenvalue weighted by molar-refractivity contribution is 5.91. The zero-order valence-corrected chi connectivity index (χ0v) is 18.2. The lowest BCUT2D eigenvalue weighted by molar-refractivity contribution is -0.138. The number of ether oxygens (including phenoxy) is 1. The Kier molecular flexibility index (Phi) is 13.4. The summed E-state index contributed by atoms with van der Waals surface area (Å²) in [5.74, 6) is -2.09. The number of rotatable bonds is 16. The lowest BCUT2D eigenvalue weighted by Gasteiger charge is -2.12. The molecule has 0 aromatic heterocycles. The van der Waals surface area contributed by atoms with Crippen LogP contribution in [0.4, 0.5) is 17.6 Å². The van der Waals surface area contributed by atoms with Crippen molar-refractivity contribution in [1.82, 2.24) is 0 Å². The van der Waals surface area contributed by atoms with E-state index in [1.54, 1.807) is 0 Å². The van der Waals surface area contributed by atoms with Gasteiger partial charge in [0.1, 0.15) is 5.82 Å². The SMILES string of the molecule is CCCCCCCCCCCCCCCCOC(=O)c1ccc(F)cc1C(F)(F)F. The minimum Gasteiger partial charge on any atom is -0.462 e. The number of hydrogen-bond acceptors (Lipinski definition) is 2. The second-order valence-corrected chi connectivity index (χ2v) is 7.92. The van der Waals surface area contributed by atoms with E-state index in [1.807, 2.05) is 0 Å². The highest BCUT2D eigenvalue weighted by Gasteiger charge is 2.36. The maximum Gasteiger partial charge on any atom is 0.417 e. The van der Waals surface area contributed by atoms with Gasteiger partial charge < -0.3 is 4.74 Å². The van der Waals surface area contributed by atoms with Crippen LogP contribution >= 0.6 is 0 Å². The number of halogens is 4. The molecule has 0 aliphatic rings. The van der Waals surface area contributed by atoms with Gasteiger partial charge in [-0.3, -0.25) is 0 Å². The number of hydrogen-bond donors (Lipinski definition) is 0. The van der Waals surface area contributed by atoms with Crippen LogP contribution in [-0.2, 0) is 10.9 Å². The fraction of sp³-hybridized carbons (Fsp3) is 0.708. The molecule has 0 saturated heterocycles. The maximum atomic E-state index is 13.1. The van der Waals surface area contributed by atoms with Crippen molar-refractivity contribution in [3.8, 4) is 0 Å². The van der Waals surface area contributed by atoms with Gasteiger partial charge in [0.2, 0.25) is 0 Å². The third-order valence-corrected chi connectivity index (χ3v) is 5.24. The van der Waals surface area contributed by atoms with Crippen molar-refractivity contribution in [2.24, 2.45) is 0 Å². The summed E-state index contributed by atoms with van der Waals surface area (Å²) in [5.41, 5.74) is -1.94. The van der Waals surface area contributed by atoms with Crippen LogP contribution in [0.2, 0.25) is 0 Å². The molecule has 0 aliphatic carbocycles. The van der Waals surface area contributed by atoms with E-state index in [-0.39, 0.29) is 6.61 Å². The van der Waals surface area contributed by atoms with E-state index in [9.17, 15) is 22.4 Å². The Balaban J connectivity index is 2.05. The van der Waals surface area contributed by atoms with Crippen LogP contribution in [0, 0.1) is 5.82 Å². The van der Waals surface area contributed by atoms with Gasteiger partial charge in [0.15, 0.2) is 0 Å². The van der Waals surface area contributed by atoms with Crippen LogP contribution in [0.25, 0.3) is 0 Å². The van der Waals surface area contributed by atoms with Crippen LogP contribution < -0.4 is 0 Å². The smallest absolute Gasteiger partial charge is 0.417 e. The van der Waals surface area contributed by atoms with Crippen molar-refractivity contribution < 1.29 is 27.1 Å². The summed E-state index contributed by atoms with van der Waals surface area (Å²) in [6, 6.07) is 1.98. The van der Waals surface area contributed by atoms with E-state index in [2.05, 4.69) is 6.92 Å². The number of carbonyl (C=O) groups excluding carboxylic acids is 1. The molecular weight excluding hydrogens is 396 g/mol. The average molecular weight is 433 g/mol. The fourth-order valence-corrected chi connectivity index (χ4v) is 3.47. The van der Waals surface area contributed by atoms with Gasteiger partial charge in [0, 0.05) is 0 Å². The Hall–Kier alpha value is -1.59. The molecule has 6 heteroatoms. The van der Waals surface area contributed by atoms with Crippen LogP contribution in [0.3, 0.4) is 0 Å². The first-order chi connectivity index (χ1) is 14.4. The van der Waals surface area contributed by atoms with Gasteiger partial charge in [-0.15, -0.1) is 0 Å². The van der Waals surface area contributed by atoms with Gasteiger partial charge in [-0.25, -0.2) is 9.18 Å². The van der Waals surface area contributed by atoms with Crippen molar-refractivity contribution in [2.45, 2.75) is 103 Å². The lowest BCUT2D eigenvalue weighted by atomic mass is 10.0. The predicted octanol–water partition coefficient (Wildman–Crippen LogP) is 8.48. The highest BCUT2D eigenvalue weighted by atomic mass is 19.4. The molecule has 1 rings (SSSR count). The van der Waals surface area contributed by atoms with Crippen LogP contribution in [0.5, 0.6) is 0 Å². The number of unbranched alkanes of at least 4 members (excludes halogenated alkanes) is 13. The third kappa shape index (κ3) is 11.6. The summed E-state index contributed by atoms with van der Waals surface area (Å²) in [6.45, 7) is 2.30. The molecule has 0 heterocycles. The van der Waals surface area contributed by atoms with E-state index in [4.69, 9.17) is 4.74 Å². The van der Waals surface area contributed by atoms with E-state index < -0.39 is 29.1 Å². The molecule has 0 aliphatic heterocycles. The molecule has 0 unspecified atom stereocenters. The quantitative estimate of drug-likeness (QED) is 0.149. The fourth-order valence-electron chi connectivity index (χ4n) is 3.47. The molecule has 0 N–H and O–H groups in total. The highest BCUT2D eigenvalue weighted by Crippen LogP contribution is 2.32. The van der Waals surface area contributed by atoms with E-state index in [1.165, 1.54) is 64.2 Å². The molecule has 172 valence electrons. The van der Waals surface area contributed by atoms with Gasteiger partial charge >= 0.3 is 12.1 Å². The third-order valence-electron chi connectivity index (χ3n) is 5.24. The molecule has 0 amide bonds. The molecule has 0 bridgehead atoms. The molecule has 0 atom stereocenters. The number of benzene rings is 1. The van der Waals surface area contributed by atoms with E-state index in [0.29, 0.717) is 12.5 Å². The van der Waals surface area contributed by atoms with Crippen LogP contribution in [0.15, 0.2) is 18.2 Å². The average Bonchev–Trinajstić information content (AvgIpc) is 2.70. The molecule has 30 heavy (non-hydrogen) atoms. The summed E-state index contributed by atoms with van der Waals surface area (Å²) >= 11 is 0. The Morgan fingerprint density at radius 2 is 1.27 bits per heavy atom. The Morgan fingerprint density at radius 1 is 0.800 bits per heavy atom. The second kappa shape index (κ2) is 15.2. The summed E-state index contributed by atoms with van der Waals surface area (Å²) in [4.78, 5) is 11.9. The van der Waals surface area contributed by atoms with Crippen LogP contribution in [-0.4, -0.2) is 12.6 Å². The predicted molar refractivity (Wildman–Crippen MR) is 112 cm³/mol. The summed E-state index contributed by atoms with van der Waals surface area (Å²) in [6.07, 6.45) is 11.9. The minimum atomic E-state index is -4.80. The summed E-state index contributed by atoms with van der Waals surface area (Å²) in [5, 5.41) is 0. The number of alkyl halides is 3. The van der Waals surface area contributed by atoms with Crippen molar-refractivity contribution in [3.63, 3.8) is 0 Å². The number of esters is 1. The normalized spacial score (nSPS) is 11.6.